The first-order valence-corrected chi connectivity index (χ1v) is 14.3. The highest BCUT2D eigenvalue weighted by atomic mass is 32.1. The van der Waals surface area contributed by atoms with Crippen molar-refractivity contribution in [3.05, 3.63) is 41.0 Å². The summed E-state index contributed by atoms with van der Waals surface area (Å²) in [4.78, 5) is 46.9. The van der Waals surface area contributed by atoms with Crippen LogP contribution in [-0.2, 0) is 14.4 Å². The van der Waals surface area contributed by atoms with Crippen molar-refractivity contribution in [1.82, 2.24) is 20.5 Å². The van der Waals surface area contributed by atoms with Crippen LogP contribution in [0.5, 0.6) is 0 Å². The fourth-order valence-electron chi connectivity index (χ4n) is 5.04. The summed E-state index contributed by atoms with van der Waals surface area (Å²) in [7, 11) is 0. The summed E-state index contributed by atoms with van der Waals surface area (Å²) < 4.78 is 0. The Morgan fingerprint density at radius 2 is 1.90 bits per heavy atom. The van der Waals surface area contributed by atoms with Crippen LogP contribution in [0.4, 0.5) is 0 Å². The summed E-state index contributed by atoms with van der Waals surface area (Å²) in [6.07, 6.45) is 0.848. The van der Waals surface area contributed by atoms with Crippen molar-refractivity contribution < 1.29 is 19.5 Å². The number of aromatic nitrogens is 1. The van der Waals surface area contributed by atoms with Crippen LogP contribution in [0.2, 0.25) is 0 Å². The SMILES string of the molecule is CC[C@H](NC(=O)[C@@H]1C[C@@H](O)CN1C(=O)C(NC(=O)C1(C#N)CC1)C(C)(C)C)c1ccc(-c2scnc2C)cc1. The number of nitriles is 1. The minimum Gasteiger partial charge on any atom is -0.391 e. The molecular formula is C29H37N5O4S. The zero-order valence-corrected chi connectivity index (χ0v) is 24.0. The number of nitrogens with zero attached hydrogens (tertiary/aromatic N) is 3. The van der Waals surface area contributed by atoms with Gasteiger partial charge >= 0.3 is 0 Å². The van der Waals surface area contributed by atoms with Gasteiger partial charge in [0.1, 0.15) is 17.5 Å². The number of aliphatic hydroxyl groups excluding tert-OH is 1. The van der Waals surface area contributed by atoms with Crippen LogP contribution >= 0.6 is 11.3 Å². The molecule has 0 radical (unpaired) electrons. The normalized spacial score (nSPS) is 21.5. The fourth-order valence-corrected chi connectivity index (χ4v) is 5.85. The maximum Gasteiger partial charge on any atom is 0.246 e. The molecule has 4 rings (SSSR count). The summed E-state index contributed by atoms with van der Waals surface area (Å²) in [6, 6.07) is 8.00. The largest absolute Gasteiger partial charge is 0.391 e. The Morgan fingerprint density at radius 1 is 1.23 bits per heavy atom. The minimum absolute atomic E-state index is 0.00243. The molecule has 2 aliphatic rings. The first kappa shape index (κ1) is 28.7. The molecule has 2 heterocycles. The third-order valence-corrected chi connectivity index (χ3v) is 8.67. The van der Waals surface area contributed by atoms with Crippen molar-refractivity contribution in [2.75, 3.05) is 6.54 Å². The van der Waals surface area contributed by atoms with Crippen molar-refractivity contribution in [2.45, 2.75) is 84.5 Å². The molecule has 9 nitrogen and oxygen atoms in total. The first-order chi connectivity index (χ1) is 18.4. The number of benzene rings is 1. The van der Waals surface area contributed by atoms with E-state index in [0.717, 1.165) is 21.7 Å². The zero-order chi connectivity index (χ0) is 28.5. The van der Waals surface area contributed by atoms with Gasteiger partial charge in [0, 0.05) is 13.0 Å². The number of carbonyl (C=O) groups excluding carboxylic acids is 3. The maximum absolute atomic E-state index is 13.8. The van der Waals surface area contributed by atoms with E-state index in [2.05, 4.69) is 21.7 Å². The van der Waals surface area contributed by atoms with Crippen molar-refractivity contribution in [3.63, 3.8) is 0 Å². The number of hydrogen-bond acceptors (Lipinski definition) is 7. The molecule has 0 bridgehead atoms. The van der Waals surface area contributed by atoms with Gasteiger partial charge in [-0.05, 0) is 42.7 Å². The molecule has 1 saturated heterocycles. The molecule has 2 aromatic rings. The molecule has 1 aromatic heterocycles. The Kier molecular flexibility index (Phi) is 8.14. The predicted octanol–water partition coefficient (Wildman–Crippen LogP) is 3.48. The summed E-state index contributed by atoms with van der Waals surface area (Å²) in [5.74, 6) is -1.23. The number of amides is 3. The van der Waals surface area contributed by atoms with Crippen LogP contribution in [0.25, 0.3) is 10.4 Å². The van der Waals surface area contributed by atoms with Crippen molar-refractivity contribution >= 4 is 29.1 Å². The molecule has 39 heavy (non-hydrogen) atoms. The average Bonchev–Trinajstić information content (AvgIpc) is 3.44. The number of likely N-dealkylation sites (tertiary alicyclic amines) is 1. The van der Waals surface area contributed by atoms with Gasteiger partial charge in [-0.3, -0.25) is 14.4 Å². The van der Waals surface area contributed by atoms with E-state index >= 15 is 0 Å². The molecule has 0 spiro atoms. The molecule has 10 heteroatoms. The lowest BCUT2D eigenvalue weighted by Gasteiger charge is -2.36. The predicted molar refractivity (Wildman–Crippen MR) is 148 cm³/mol. The monoisotopic (exact) mass is 551 g/mol. The smallest absolute Gasteiger partial charge is 0.246 e. The van der Waals surface area contributed by atoms with Crippen LogP contribution in [0.15, 0.2) is 29.8 Å². The van der Waals surface area contributed by atoms with Gasteiger partial charge in [0.2, 0.25) is 17.7 Å². The second-order valence-corrected chi connectivity index (χ2v) is 12.6. The van der Waals surface area contributed by atoms with E-state index in [0.29, 0.717) is 19.3 Å². The van der Waals surface area contributed by atoms with Crippen LogP contribution < -0.4 is 10.6 Å². The number of aryl methyl sites for hydroxylation is 1. The van der Waals surface area contributed by atoms with Crippen molar-refractivity contribution in [3.8, 4) is 16.5 Å². The van der Waals surface area contributed by atoms with E-state index < -0.39 is 40.8 Å². The number of hydrogen-bond donors (Lipinski definition) is 3. The van der Waals surface area contributed by atoms with Crippen molar-refractivity contribution in [1.29, 1.82) is 5.26 Å². The summed E-state index contributed by atoms with van der Waals surface area (Å²) in [5.41, 5.74) is 3.06. The molecule has 4 atom stereocenters. The maximum atomic E-state index is 13.8. The van der Waals surface area contributed by atoms with Gasteiger partial charge in [0.25, 0.3) is 0 Å². The van der Waals surface area contributed by atoms with E-state index in [9.17, 15) is 24.8 Å². The average molecular weight is 552 g/mol. The van der Waals surface area contributed by atoms with Crippen molar-refractivity contribution in [2.24, 2.45) is 10.8 Å². The van der Waals surface area contributed by atoms with Gasteiger partial charge < -0.3 is 20.6 Å². The van der Waals surface area contributed by atoms with E-state index in [-0.39, 0.29) is 24.9 Å². The number of aliphatic hydroxyl groups is 1. The molecule has 2 fully saturated rings. The molecule has 1 aromatic carbocycles. The van der Waals surface area contributed by atoms with Gasteiger partial charge in [-0.1, -0.05) is 52.0 Å². The van der Waals surface area contributed by atoms with Crippen LogP contribution in [-0.4, -0.2) is 57.4 Å². The standard InChI is InChI=1S/C29H37N5O4S/c1-6-21(18-7-9-19(10-8-18)23-17(2)31-16-39-23)32-25(36)22-13-20(35)14-34(22)26(37)24(28(3,4)5)33-27(38)29(15-30)11-12-29/h7-10,16,20-22,24,35H,6,11-14H2,1-5H3,(H,32,36)(H,33,38)/t20-,21+,22+,24?/m1/s1. The Labute approximate surface area is 233 Å². The molecule has 3 amide bonds. The molecule has 1 unspecified atom stereocenters. The summed E-state index contributed by atoms with van der Waals surface area (Å²) >= 11 is 1.58. The van der Waals surface area contributed by atoms with Crippen LogP contribution in [0.3, 0.4) is 0 Å². The number of thiazole rings is 1. The summed E-state index contributed by atoms with van der Waals surface area (Å²) in [6.45, 7) is 9.44. The van der Waals surface area contributed by atoms with Gasteiger partial charge in [0.15, 0.2) is 0 Å². The van der Waals surface area contributed by atoms with Gasteiger partial charge in [-0.15, -0.1) is 11.3 Å². The van der Waals surface area contributed by atoms with Crippen LogP contribution in [0.1, 0.15) is 70.7 Å². The van der Waals surface area contributed by atoms with E-state index in [1.807, 2.05) is 64.4 Å². The number of rotatable bonds is 8. The van der Waals surface area contributed by atoms with Gasteiger partial charge in [-0.25, -0.2) is 4.98 Å². The Morgan fingerprint density at radius 3 is 2.41 bits per heavy atom. The second-order valence-electron chi connectivity index (χ2n) is 11.7. The molecule has 1 saturated carbocycles. The van der Waals surface area contributed by atoms with E-state index in [1.165, 1.54) is 4.90 Å². The lowest BCUT2D eigenvalue weighted by molar-refractivity contribution is -0.144. The Bertz CT molecular complexity index is 1270. The molecular weight excluding hydrogens is 514 g/mol. The third-order valence-electron chi connectivity index (χ3n) is 7.70. The Balaban J connectivity index is 1.49. The number of carbonyl (C=O) groups is 3. The lowest BCUT2D eigenvalue weighted by atomic mass is 9.85. The quantitative estimate of drug-likeness (QED) is 0.460. The van der Waals surface area contributed by atoms with Gasteiger partial charge in [-0.2, -0.15) is 5.26 Å². The highest BCUT2D eigenvalue weighted by Crippen LogP contribution is 2.45. The highest BCUT2D eigenvalue weighted by molar-refractivity contribution is 7.13. The first-order valence-electron chi connectivity index (χ1n) is 13.4. The highest BCUT2D eigenvalue weighted by Gasteiger charge is 2.53. The molecule has 3 N–H and O–H groups in total. The lowest BCUT2D eigenvalue weighted by Crippen LogP contribution is -2.58. The molecule has 208 valence electrons. The number of β-amino-alcohol motifs (C(OH)–C–C–N with tert-alkyl or cyclic N) is 1. The summed E-state index contributed by atoms with van der Waals surface area (Å²) in [5, 5.41) is 25.7. The molecule has 1 aliphatic heterocycles. The molecule has 1 aliphatic carbocycles. The topological polar surface area (TPSA) is 135 Å². The van der Waals surface area contributed by atoms with E-state index in [4.69, 9.17) is 0 Å². The minimum atomic E-state index is -1.08. The van der Waals surface area contributed by atoms with Crippen LogP contribution in [0, 0.1) is 29.1 Å². The second kappa shape index (κ2) is 11.1. The Hall–Kier alpha value is -3.29. The number of nitrogens with one attached hydrogen (secondary N) is 2. The fraction of sp³-hybridized carbons (Fsp3) is 0.552. The van der Waals surface area contributed by atoms with Gasteiger partial charge in [0.05, 0.1) is 34.3 Å². The third kappa shape index (κ3) is 5.99. The zero-order valence-electron chi connectivity index (χ0n) is 23.2. The van der Waals surface area contributed by atoms with E-state index in [1.54, 1.807) is 11.3 Å².